The van der Waals surface area contributed by atoms with Crippen LogP contribution >= 0.6 is 0 Å². The minimum Gasteiger partial charge on any atom is -0.463 e. The first-order valence-electron chi connectivity index (χ1n) is 10.1. The van der Waals surface area contributed by atoms with Gasteiger partial charge in [-0.25, -0.2) is 4.79 Å². The van der Waals surface area contributed by atoms with Gasteiger partial charge in [-0.1, -0.05) is 37.8 Å². The third-order valence-corrected chi connectivity index (χ3v) is 8.96. The van der Waals surface area contributed by atoms with Crippen molar-refractivity contribution in [2.75, 3.05) is 11.9 Å². The van der Waals surface area contributed by atoms with Gasteiger partial charge in [0.05, 0.1) is 14.7 Å². The van der Waals surface area contributed by atoms with Gasteiger partial charge in [0.1, 0.15) is 0 Å². The number of ketones is 1. The largest absolute Gasteiger partial charge is 0.463 e. The number of carbonyl (C=O) groups is 2. The monoisotopic (exact) mass is 383 g/mol. The fourth-order valence-corrected chi connectivity index (χ4v) is 8.09. The fourth-order valence-electron chi connectivity index (χ4n) is 5.58. The molecule has 2 aliphatic carbocycles. The number of hydrogen-bond donors (Lipinski definition) is 1. The van der Waals surface area contributed by atoms with E-state index in [1.165, 1.54) is 11.3 Å². The van der Waals surface area contributed by atoms with Crippen molar-refractivity contribution in [3.05, 3.63) is 41.0 Å². The number of benzene rings is 1. The first kappa shape index (κ1) is 18.5. The summed E-state index contributed by atoms with van der Waals surface area (Å²) in [5, 5.41) is 3.75. The highest BCUT2D eigenvalue weighted by atomic mass is 28.3. The van der Waals surface area contributed by atoms with E-state index in [9.17, 15) is 9.59 Å². The van der Waals surface area contributed by atoms with E-state index in [0.717, 1.165) is 18.4 Å². The number of allylic oxidation sites excluding steroid dienone is 1. The molecule has 0 bridgehead atoms. The lowest BCUT2D eigenvalue weighted by molar-refractivity contribution is -0.139. The Labute approximate surface area is 162 Å². The number of anilines is 1. The van der Waals surface area contributed by atoms with Gasteiger partial charge in [-0.15, -0.1) is 0 Å². The van der Waals surface area contributed by atoms with Crippen LogP contribution in [0.25, 0.3) is 0 Å². The van der Waals surface area contributed by atoms with Gasteiger partial charge < -0.3 is 10.1 Å². The third-order valence-electron chi connectivity index (χ3n) is 6.44. The number of rotatable bonds is 3. The first-order chi connectivity index (χ1) is 12.8. The number of hydrogen-bond acceptors (Lipinski definition) is 4. The van der Waals surface area contributed by atoms with Crippen LogP contribution in [0, 0.1) is 5.92 Å². The average Bonchev–Trinajstić information content (AvgIpc) is 2.99. The summed E-state index contributed by atoms with van der Waals surface area (Å²) in [6, 6.07) is 8.64. The molecule has 144 valence electrons. The molecule has 1 N–H and O–H groups in total. The maximum Gasteiger partial charge on any atom is 0.334 e. The van der Waals surface area contributed by atoms with Crippen LogP contribution in [0.15, 0.2) is 35.4 Å². The lowest BCUT2D eigenvalue weighted by Crippen LogP contribution is -2.50. The molecule has 0 aromatic heterocycles. The Kier molecular flexibility index (Phi) is 4.53. The average molecular weight is 384 g/mol. The second-order valence-corrected chi connectivity index (χ2v) is 14.5. The third kappa shape index (κ3) is 2.87. The van der Waals surface area contributed by atoms with Gasteiger partial charge in [-0.3, -0.25) is 4.79 Å². The number of carbonyl (C=O) groups excluding carboxylic acids is 2. The van der Waals surface area contributed by atoms with Crippen molar-refractivity contribution in [1.29, 1.82) is 0 Å². The highest BCUT2D eigenvalue weighted by molar-refractivity contribution is 6.79. The Morgan fingerprint density at radius 1 is 1.26 bits per heavy atom. The molecule has 3 aliphatic rings. The molecule has 4 nitrogen and oxygen atoms in total. The summed E-state index contributed by atoms with van der Waals surface area (Å²) in [5.41, 5.74) is 4.05. The van der Waals surface area contributed by atoms with Gasteiger partial charge in [0.15, 0.2) is 5.78 Å². The van der Waals surface area contributed by atoms with E-state index in [4.69, 9.17) is 4.74 Å². The summed E-state index contributed by atoms with van der Waals surface area (Å²) in [6.07, 6.45) is 2.44. The van der Waals surface area contributed by atoms with Crippen LogP contribution in [-0.2, 0) is 14.3 Å². The zero-order chi connectivity index (χ0) is 19.3. The second-order valence-electron chi connectivity index (χ2n) is 9.10. The topological polar surface area (TPSA) is 55.4 Å². The van der Waals surface area contributed by atoms with Crippen LogP contribution < -0.4 is 5.32 Å². The highest BCUT2D eigenvalue weighted by Crippen LogP contribution is 2.58. The smallest absolute Gasteiger partial charge is 0.334 e. The van der Waals surface area contributed by atoms with E-state index in [-0.39, 0.29) is 35.2 Å². The Hall–Kier alpha value is -1.88. The predicted octanol–water partition coefficient (Wildman–Crippen LogP) is 4.52. The minimum atomic E-state index is -1.82. The SMILES string of the molecule is CCOC(=O)C1=C2C(=O)CCC[C@@H]2[C@H]2c3ccccc3N[C@H]2[C@@H]1[Si](C)(C)C. The highest BCUT2D eigenvalue weighted by Gasteiger charge is 2.55. The summed E-state index contributed by atoms with van der Waals surface area (Å²) >= 11 is 0. The molecule has 0 spiro atoms. The number of Topliss-reactive ketones (excluding diaryl/α,β-unsaturated/α-hetero) is 1. The van der Waals surface area contributed by atoms with Crippen molar-refractivity contribution in [1.82, 2.24) is 0 Å². The van der Waals surface area contributed by atoms with E-state index in [1.54, 1.807) is 0 Å². The van der Waals surface area contributed by atoms with Crippen LogP contribution in [0.3, 0.4) is 0 Å². The molecule has 0 amide bonds. The van der Waals surface area contributed by atoms with Crippen molar-refractivity contribution >= 4 is 25.5 Å². The van der Waals surface area contributed by atoms with Gasteiger partial charge in [-0.05, 0) is 37.3 Å². The van der Waals surface area contributed by atoms with E-state index in [1.807, 2.05) is 6.92 Å². The van der Waals surface area contributed by atoms with Crippen molar-refractivity contribution in [2.45, 2.75) is 63.3 Å². The number of para-hydroxylation sites is 1. The minimum absolute atomic E-state index is 0.0715. The zero-order valence-corrected chi connectivity index (χ0v) is 17.7. The molecule has 1 aromatic rings. The molecule has 27 heavy (non-hydrogen) atoms. The van der Waals surface area contributed by atoms with Gasteiger partial charge in [0.2, 0.25) is 0 Å². The van der Waals surface area contributed by atoms with Crippen LogP contribution in [0.4, 0.5) is 5.69 Å². The maximum absolute atomic E-state index is 13.1. The Morgan fingerprint density at radius 3 is 2.70 bits per heavy atom. The predicted molar refractivity (Wildman–Crippen MR) is 110 cm³/mol. The van der Waals surface area contributed by atoms with E-state index in [2.05, 4.69) is 49.2 Å². The Morgan fingerprint density at radius 2 is 2.00 bits per heavy atom. The number of esters is 1. The normalized spacial score (nSPS) is 29.6. The maximum atomic E-state index is 13.1. The molecule has 1 saturated carbocycles. The number of fused-ring (bicyclic) bond motifs is 5. The summed E-state index contributed by atoms with van der Waals surface area (Å²) < 4.78 is 5.48. The van der Waals surface area contributed by atoms with Crippen molar-refractivity contribution in [3.8, 4) is 0 Å². The molecule has 0 unspecified atom stereocenters. The molecule has 0 saturated heterocycles. The van der Waals surface area contributed by atoms with Crippen molar-refractivity contribution < 1.29 is 14.3 Å². The van der Waals surface area contributed by atoms with Crippen molar-refractivity contribution in [3.63, 3.8) is 0 Å². The van der Waals surface area contributed by atoms with E-state index < -0.39 is 8.07 Å². The van der Waals surface area contributed by atoms with Gasteiger partial charge >= 0.3 is 5.97 Å². The standard InChI is InChI=1S/C22H29NO3Si/c1-5-26-22(25)19-18-14(10-8-12-16(18)24)17-13-9-6-7-11-15(13)23-20(17)21(19)27(2,3)4/h6-7,9,11,14,17,20-21,23H,5,8,10,12H2,1-4H3/t14-,17-,20-,21-/m1/s1. The summed E-state index contributed by atoms with van der Waals surface area (Å²) in [6.45, 7) is 9.07. The first-order valence-corrected chi connectivity index (χ1v) is 13.7. The lowest BCUT2D eigenvalue weighted by Gasteiger charge is -2.47. The quantitative estimate of drug-likeness (QED) is 0.616. The van der Waals surface area contributed by atoms with Crippen molar-refractivity contribution in [2.24, 2.45) is 5.92 Å². The molecule has 1 fully saturated rings. The number of ether oxygens (including phenoxy) is 1. The summed E-state index contributed by atoms with van der Waals surface area (Å²) in [7, 11) is -1.82. The molecule has 4 atom stereocenters. The van der Waals surface area contributed by atoms with Crippen LogP contribution in [-0.4, -0.2) is 32.5 Å². The van der Waals surface area contributed by atoms with Gasteiger partial charge in [0.25, 0.3) is 0 Å². The molecule has 0 radical (unpaired) electrons. The molecule has 1 aliphatic heterocycles. The fraction of sp³-hybridized carbons (Fsp3) is 0.545. The van der Waals surface area contributed by atoms with Crippen LogP contribution in [0.5, 0.6) is 0 Å². The lowest BCUT2D eigenvalue weighted by atomic mass is 9.65. The molecular formula is C22H29NO3Si. The Bertz CT molecular complexity index is 823. The molecule has 5 heteroatoms. The van der Waals surface area contributed by atoms with Gasteiger partial charge in [-0.2, -0.15) is 0 Å². The van der Waals surface area contributed by atoms with Crippen LogP contribution in [0.1, 0.15) is 37.7 Å². The molecular weight excluding hydrogens is 354 g/mol. The number of nitrogens with one attached hydrogen (secondary N) is 1. The van der Waals surface area contributed by atoms with Crippen LogP contribution in [0.2, 0.25) is 25.2 Å². The Balaban J connectivity index is 1.94. The van der Waals surface area contributed by atoms with E-state index in [0.29, 0.717) is 18.6 Å². The molecule has 1 heterocycles. The summed E-state index contributed by atoms with van der Waals surface area (Å²) in [5.74, 6) is 0.298. The molecule has 1 aromatic carbocycles. The van der Waals surface area contributed by atoms with Gasteiger partial charge in [0, 0.05) is 40.8 Å². The zero-order valence-electron chi connectivity index (χ0n) is 16.7. The summed E-state index contributed by atoms with van der Waals surface area (Å²) in [4.78, 5) is 26.1. The second kappa shape index (κ2) is 6.62. The molecule has 4 rings (SSSR count). The van der Waals surface area contributed by atoms with E-state index >= 15 is 0 Å².